The van der Waals surface area contributed by atoms with Crippen LogP contribution < -0.4 is 10.6 Å². The van der Waals surface area contributed by atoms with E-state index in [1.807, 2.05) is 48.7 Å². The molecule has 2 aromatic carbocycles. The van der Waals surface area contributed by atoms with E-state index in [-0.39, 0.29) is 6.03 Å². The highest BCUT2D eigenvalue weighted by molar-refractivity contribution is 6.33. The first-order valence-electron chi connectivity index (χ1n) is 8.10. The number of hydrogen-bond acceptors (Lipinski definition) is 2. The van der Waals surface area contributed by atoms with Gasteiger partial charge in [-0.3, -0.25) is 0 Å². The van der Waals surface area contributed by atoms with Crippen molar-refractivity contribution >= 4 is 23.3 Å². The van der Waals surface area contributed by atoms with Gasteiger partial charge in [0.05, 0.1) is 10.7 Å². The van der Waals surface area contributed by atoms with Crippen LogP contribution in [0.4, 0.5) is 10.5 Å². The molecule has 3 rings (SSSR count). The van der Waals surface area contributed by atoms with Gasteiger partial charge in [-0.25, -0.2) is 9.78 Å². The zero-order chi connectivity index (χ0) is 17.5. The maximum atomic E-state index is 11.9. The van der Waals surface area contributed by atoms with Gasteiger partial charge in [0.2, 0.25) is 0 Å². The lowest BCUT2D eigenvalue weighted by Gasteiger charge is -2.10. The molecule has 25 heavy (non-hydrogen) atoms. The first kappa shape index (κ1) is 17.0. The first-order chi connectivity index (χ1) is 12.2. The summed E-state index contributed by atoms with van der Waals surface area (Å²) in [5.74, 6) is 0.932. The predicted octanol–water partition coefficient (Wildman–Crippen LogP) is 4.42. The number of rotatable bonds is 6. The van der Waals surface area contributed by atoms with Crippen LogP contribution in [-0.4, -0.2) is 22.1 Å². The van der Waals surface area contributed by atoms with Crippen LogP contribution in [0.25, 0.3) is 11.4 Å². The number of benzene rings is 2. The number of aromatic nitrogens is 2. The van der Waals surface area contributed by atoms with E-state index < -0.39 is 0 Å². The van der Waals surface area contributed by atoms with Gasteiger partial charge in [-0.2, -0.15) is 0 Å². The van der Waals surface area contributed by atoms with E-state index in [0.717, 1.165) is 24.4 Å². The van der Waals surface area contributed by atoms with Crippen LogP contribution in [0.3, 0.4) is 0 Å². The molecule has 0 unspecified atom stereocenters. The van der Waals surface area contributed by atoms with Crippen molar-refractivity contribution in [1.29, 1.82) is 0 Å². The monoisotopic (exact) mass is 354 g/mol. The number of carbonyl (C=O) groups excluding carboxylic acids is 1. The second kappa shape index (κ2) is 8.35. The van der Waals surface area contributed by atoms with Crippen molar-refractivity contribution < 1.29 is 4.79 Å². The summed E-state index contributed by atoms with van der Waals surface area (Å²) in [6.45, 7) is 1.33. The molecule has 128 valence electrons. The summed E-state index contributed by atoms with van der Waals surface area (Å²) in [7, 11) is 0. The summed E-state index contributed by atoms with van der Waals surface area (Å²) >= 11 is 6.02. The van der Waals surface area contributed by atoms with E-state index in [1.165, 1.54) is 0 Å². The molecule has 5 nitrogen and oxygen atoms in total. The second-order valence-electron chi connectivity index (χ2n) is 5.52. The molecule has 2 N–H and O–H groups in total. The number of nitrogens with zero attached hydrogens (tertiary/aromatic N) is 2. The van der Waals surface area contributed by atoms with Gasteiger partial charge >= 0.3 is 6.03 Å². The third kappa shape index (κ3) is 4.61. The fraction of sp³-hybridized carbons (Fsp3) is 0.158. The lowest BCUT2D eigenvalue weighted by Crippen LogP contribution is -2.30. The number of nitrogens with one attached hydrogen (secondary N) is 2. The first-order valence-corrected chi connectivity index (χ1v) is 8.48. The third-order valence-corrected chi connectivity index (χ3v) is 4.06. The van der Waals surface area contributed by atoms with Crippen LogP contribution in [0.5, 0.6) is 0 Å². The molecular formula is C19H19ClN4O. The molecule has 0 saturated heterocycles. The highest BCUT2D eigenvalue weighted by Gasteiger charge is 2.06. The summed E-state index contributed by atoms with van der Waals surface area (Å²) in [6, 6.07) is 16.9. The summed E-state index contributed by atoms with van der Waals surface area (Å²) in [5.41, 5.74) is 1.68. The number of para-hydroxylation sites is 1. The summed E-state index contributed by atoms with van der Waals surface area (Å²) in [5, 5.41) is 6.09. The highest BCUT2D eigenvalue weighted by atomic mass is 35.5. The molecular weight excluding hydrogens is 336 g/mol. The molecule has 0 atom stereocenters. The Kier molecular flexibility index (Phi) is 5.69. The molecule has 0 spiro atoms. The molecule has 0 aliphatic heterocycles. The molecule has 0 fully saturated rings. The van der Waals surface area contributed by atoms with Crippen molar-refractivity contribution in [3.8, 4) is 11.4 Å². The van der Waals surface area contributed by atoms with Gasteiger partial charge in [-0.05, 0) is 18.6 Å². The SMILES string of the molecule is O=C(NCCCn1ccnc1-c1ccccc1)Nc1ccccc1Cl. The average Bonchev–Trinajstić information content (AvgIpc) is 3.10. The minimum atomic E-state index is -0.262. The fourth-order valence-electron chi connectivity index (χ4n) is 2.52. The lowest BCUT2D eigenvalue weighted by atomic mass is 10.2. The molecule has 0 radical (unpaired) electrons. The van der Waals surface area contributed by atoms with Gasteiger partial charge in [0.1, 0.15) is 5.82 Å². The summed E-state index contributed by atoms with van der Waals surface area (Å²) in [6.07, 6.45) is 4.54. The standard InChI is InChI=1S/C19H19ClN4O/c20-16-9-4-5-10-17(16)23-19(25)22-11-6-13-24-14-12-21-18(24)15-7-2-1-3-8-15/h1-5,7-10,12,14H,6,11,13H2,(H2,22,23,25). The zero-order valence-electron chi connectivity index (χ0n) is 13.7. The van der Waals surface area contributed by atoms with Crippen LogP contribution in [0.15, 0.2) is 67.0 Å². The maximum Gasteiger partial charge on any atom is 0.319 e. The Morgan fingerprint density at radius 1 is 1.08 bits per heavy atom. The van der Waals surface area contributed by atoms with Gasteiger partial charge in [-0.1, -0.05) is 54.1 Å². The lowest BCUT2D eigenvalue weighted by molar-refractivity contribution is 0.252. The Morgan fingerprint density at radius 3 is 2.64 bits per heavy atom. The van der Waals surface area contributed by atoms with E-state index in [1.54, 1.807) is 18.3 Å². The van der Waals surface area contributed by atoms with Crippen molar-refractivity contribution in [2.75, 3.05) is 11.9 Å². The fourth-order valence-corrected chi connectivity index (χ4v) is 2.70. The van der Waals surface area contributed by atoms with Crippen LogP contribution in [0, 0.1) is 0 Å². The smallest absolute Gasteiger partial charge is 0.319 e. The number of anilines is 1. The van der Waals surface area contributed by atoms with Gasteiger partial charge in [0.25, 0.3) is 0 Å². The summed E-state index contributed by atoms with van der Waals surface area (Å²) in [4.78, 5) is 16.3. The van der Waals surface area contributed by atoms with Crippen molar-refractivity contribution in [3.63, 3.8) is 0 Å². The Morgan fingerprint density at radius 2 is 1.84 bits per heavy atom. The molecule has 6 heteroatoms. The molecule has 0 aliphatic carbocycles. The third-order valence-electron chi connectivity index (χ3n) is 3.73. The molecule has 2 amide bonds. The Hall–Kier alpha value is -2.79. The van der Waals surface area contributed by atoms with Gasteiger partial charge in [0.15, 0.2) is 0 Å². The Balaban J connectivity index is 1.47. The molecule has 0 saturated carbocycles. The van der Waals surface area contributed by atoms with Crippen molar-refractivity contribution in [1.82, 2.24) is 14.9 Å². The second-order valence-corrected chi connectivity index (χ2v) is 5.93. The van der Waals surface area contributed by atoms with Crippen molar-refractivity contribution in [2.45, 2.75) is 13.0 Å². The van der Waals surface area contributed by atoms with Crippen LogP contribution in [0.1, 0.15) is 6.42 Å². The quantitative estimate of drug-likeness (QED) is 0.644. The van der Waals surface area contributed by atoms with E-state index in [4.69, 9.17) is 11.6 Å². The van der Waals surface area contributed by atoms with E-state index in [9.17, 15) is 4.79 Å². The number of halogens is 1. The Bertz CT molecular complexity index is 832. The normalized spacial score (nSPS) is 10.4. The number of imidazole rings is 1. The van der Waals surface area contributed by atoms with E-state index in [0.29, 0.717) is 17.3 Å². The van der Waals surface area contributed by atoms with E-state index >= 15 is 0 Å². The molecule has 3 aromatic rings. The average molecular weight is 355 g/mol. The number of urea groups is 1. The molecule has 1 heterocycles. The topological polar surface area (TPSA) is 59.0 Å². The number of amides is 2. The van der Waals surface area contributed by atoms with E-state index in [2.05, 4.69) is 20.2 Å². The van der Waals surface area contributed by atoms with Crippen LogP contribution in [-0.2, 0) is 6.54 Å². The van der Waals surface area contributed by atoms with Crippen molar-refractivity contribution in [3.05, 3.63) is 72.0 Å². The maximum absolute atomic E-state index is 11.9. The minimum absolute atomic E-state index is 0.262. The van der Waals surface area contributed by atoms with Gasteiger partial charge in [0, 0.05) is 31.0 Å². The molecule has 0 aliphatic rings. The Labute approximate surface area is 151 Å². The van der Waals surface area contributed by atoms with Crippen molar-refractivity contribution in [2.24, 2.45) is 0 Å². The largest absolute Gasteiger partial charge is 0.338 e. The highest BCUT2D eigenvalue weighted by Crippen LogP contribution is 2.20. The molecule has 0 bridgehead atoms. The zero-order valence-corrected chi connectivity index (χ0v) is 14.4. The number of carbonyl (C=O) groups is 1. The summed E-state index contributed by atoms with van der Waals surface area (Å²) < 4.78 is 2.09. The van der Waals surface area contributed by atoms with Gasteiger partial charge in [-0.15, -0.1) is 0 Å². The van der Waals surface area contributed by atoms with Crippen LogP contribution >= 0.6 is 11.6 Å². The predicted molar refractivity (Wildman–Crippen MR) is 101 cm³/mol. The molecule has 1 aromatic heterocycles. The van der Waals surface area contributed by atoms with Crippen LogP contribution in [0.2, 0.25) is 5.02 Å². The van der Waals surface area contributed by atoms with Gasteiger partial charge < -0.3 is 15.2 Å². The number of aryl methyl sites for hydroxylation is 1. The minimum Gasteiger partial charge on any atom is -0.338 e. The number of hydrogen-bond donors (Lipinski definition) is 2.